The first-order chi connectivity index (χ1) is 30.2. The highest BCUT2D eigenvalue weighted by molar-refractivity contribution is 6.42. The van der Waals surface area contributed by atoms with E-state index in [1.807, 2.05) is 48.5 Å². The first-order valence-corrected chi connectivity index (χ1v) is 22.4. The Kier molecular flexibility index (Phi) is 12.7. The van der Waals surface area contributed by atoms with Crippen LogP contribution >= 0.6 is 0 Å². The maximum absolute atomic E-state index is 14.9. The first kappa shape index (κ1) is 42.2. The molecule has 4 aliphatic rings. The summed E-state index contributed by atoms with van der Waals surface area (Å²) >= 11 is 0. The fraction of sp³-hybridized carbons (Fsp3) is 0.296. The van der Waals surface area contributed by atoms with Crippen molar-refractivity contribution in [1.29, 1.82) is 0 Å². The molecule has 0 bridgehead atoms. The number of hydrogen-bond donors (Lipinski definition) is 0. The largest absolute Gasteiger partial charge is 0.307 e. The highest BCUT2D eigenvalue weighted by Gasteiger charge is 2.48. The molecular formula is C54H52N2O6. The van der Waals surface area contributed by atoms with Crippen LogP contribution in [0.5, 0.6) is 0 Å². The first-order valence-electron chi connectivity index (χ1n) is 22.4. The van der Waals surface area contributed by atoms with E-state index < -0.39 is 0 Å². The van der Waals surface area contributed by atoms with Crippen LogP contribution in [-0.2, 0) is 9.59 Å². The van der Waals surface area contributed by atoms with Crippen molar-refractivity contribution in [3.8, 4) is 0 Å². The van der Waals surface area contributed by atoms with Crippen molar-refractivity contribution in [2.45, 2.75) is 90.9 Å². The Hall–Kier alpha value is -6.54. The third-order valence-electron chi connectivity index (χ3n) is 12.5. The molecule has 314 valence electrons. The van der Waals surface area contributed by atoms with Gasteiger partial charge in [0.15, 0.2) is 23.1 Å². The molecule has 0 unspecified atom stereocenters. The van der Waals surface area contributed by atoms with Crippen LogP contribution < -0.4 is 0 Å². The van der Waals surface area contributed by atoms with Gasteiger partial charge in [-0.25, -0.2) is 0 Å². The molecule has 4 aromatic carbocycles. The van der Waals surface area contributed by atoms with Gasteiger partial charge in [0.25, 0.3) is 11.8 Å². The van der Waals surface area contributed by atoms with Crippen LogP contribution in [0.4, 0.5) is 0 Å². The smallest absolute Gasteiger partial charge is 0.261 e. The molecule has 8 heteroatoms. The number of amides is 2. The van der Waals surface area contributed by atoms with Crippen LogP contribution in [0, 0.1) is 0 Å². The molecule has 2 heterocycles. The van der Waals surface area contributed by atoms with Crippen molar-refractivity contribution in [3.05, 3.63) is 164 Å². The van der Waals surface area contributed by atoms with Gasteiger partial charge in [-0.1, -0.05) is 175 Å². The van der Waals surface area contributed by atoms with Gasteiger partial charge in [0.05, 0.1) is 33.7 Å². The van der Waals surface area contributed by atoms with Crippen molar-refractivity contribution >= 4 is 58.5 Å². The second-order valence-electron chi connectivity index (χ2n) is 16.7. The Labute approximate surface area is 363 Å². The molecule has 0 fully saturated rings. The van der Waals surface area contributed by atoms with Crippen LogP contribution in [0.2, 0.25) is 0 Å². The zero-order valence-corrected chi connectivity index (χ0v) is 35.6. The number of fused-ring (bicyclic) bond motifs is 3. The van der Waals surface area contributed by atoms with E-state index in [1.54, 1.807) is 70.5 Å². The minimum Gasteiger partial charge on any atom is -0.307 e. The van der Waals surface area contributed by atoms with E-state index in [-0.39, 0.29) is 46.1 Å². The molecule has 0 saturated heterocycles. The van der Waals surface area contributed by atoms with Gasteiger partial charge in [-0.15, -0.1) is 0 Å². The molecule has 0 atom stereocenters. The number of unbranched alkanes of at least 4 members (excludes halogenated alkanes) is 10. The van der Waals surface area contributed by atoms with Gasteiger partial charge in [0.1, 0.15) is 0 Å². The van der Waals surface area contributed by atoms with Gasteiger partial charge in [-0.05, 0) is 47.2 Å². The van der Waals surface area contributed by atoms with Gasteiger partial charge in [0, 0.05) is 35.3 Å². The summed E-state index contributed by atoms with van der Waals surface area (Å²) in [5.74, 6) is -1.63. The molecule has 8 nitrogen and oxygen atoms in total. The van der Waals surface area contributed by atoms with E-state index in [1.165, 1.54) is 12.8 Å². The highest BCUT2D eigenvalue weighted by Crippen LogP contribution is 2.47. The van der Waals surface area contributed by atoms with E-state index >= 15 is 0 Å². The van der Waals surface area contributed by atoms with Crippen molar-refractivity contribution in [1.82, 2.24) is 9.80 Å². The number of allylic oxidation sites excluding steroid dienone is 2. The summed E-state index contributed by atoms with van der Waals surface area (Å²) in [5.41, 5.74) is 6.48. The molecule has 4 aromatic rings. The standard InChI is InChI=1S/C54H52N2O6/c1-3-5-7-9-11-17-31-55-47(37-27-23-35(24-28-37)33-43-49(57)39-19-13-14-20-40(39)50(43)58)45-46(53(55)61)48(56(54(45)62)32-18-12-10-8-6-4-2)38-29-25-36(26-30-38)34-44-51(59)41-21-15-16-22-42(41)52(44)60/h13-16,19-30,33-34H,3-12,17-18,31-32H2,1-2H3. The lowest BCUT2D eigenvalue weighted by Gasteiger charge is -2.25. The van der Waals surface area contributed by atoms with E-state index in [2.05, 4.69) is 13.8 Å². The SMILES string of the molecule is CCCCCCCCN1C(=O)C2=C(c3ccc(C=C4C(=O)c5ccccc5C4=O)cc3)N(CCCCCCCC)C(=O)C2=C1c1ccc(C=C2C(=O)c3ccccc3C2=O)cc1. The summed E-state index contributed by atoms with van der Waals surface area (Å²) in [7, 11) is 0. The molecule has 0 spiro atoms. The van der Waals surface area contributed by atoms with E-state index in [4.69, 9.17) is 0 Å². The molecule has 0 saturated carbocycles. The van der Waals surface area contributed by atoms with Crippen molar-refractivity contribution in [2.24, 2.45) is 0 Å². The lowest BCUT2D eigenvalue weighted by atomic mass is 9.99. The summed E-state index contributed by atoms with van der Waals surface area (Å²) in [6.07, 6.45) is 15.7. The quantitative estimate of drug-likeness (QED) is 0.0561. The number of carbonyl (C=O) groups is 6. The Morgan fingerprint density at radius 3 is 1.02 bits per heavy atom. The van der Waals surface area contributed by atoms with Gasteiger partial charge < -0.3 is 9.80 Å². The second kappa shape index (κ2) is 18.6. The summed E-state index contributed by atoms with van der Waals surface area (Å²) in [4.78, 5) is 86.0. The van der Waals surface area contributed by atoms with Crippen LogP contribution in [0.15, 0.2) is 119 Å². The summed E-state index contributed by atoms with van der Waals surface area (Å²) < 4.78 is 0. The van der Waals surface area contributed by atoms with E-state index in [0.29, 0.717) is 80.1 Å². The average Bonchev–Trinajstić information content (AvgIpc) is 3.92. The predicted molar refractivity (Wildman–Crippen MR) is 243 cm³/mol. The number of carbonyl (C=O) groups excluding carboxylic acids is 6. The second-order valence-corrected chi connectivity index (χ2v) is 16.7. The minimum absolute atomic E-state index is 0.113. The fourth-order valence-electron chi connectivity index (χ4n) is 9.14. The number of benzene rings is 4. The van der Waals surface area contributed by atoms with Crippen molar-refractivity contribution in [2.75, 3.05) is 13.1 Å². The molecule has 8 rings (SSSR count). The van der Waals surface area contributed by atoms with Gasteiger partial charge in [0.2, 0.25) is 0 Å². The van der Waals surface area contributed by atoms with Crippen LogP contribution in [-0.4, -0.2) is 57.8 Å². The van der Waals surface area contributed by atoms with E-state index in [0.717, 1.165) is 64.2 Å². The lowest BCUT2D eigenvalue weighted by Crippen LogP contribution is -2.31. The van der Waals surface area contributed by atoms with Gasteiger partial charge >= 0.3 is 0 Å². The van der Waals surface area contributed by atoms with Crippen molar-refractivity contribution in [3.63, 3.8) is 0 Å². The average molecular weight is 825 g/mol. The number of hydrogen-bond acceptors (Lipinski definition) is 6. The molecule has 2 amide bonds. The predicted octanol–water partition coefficient (Wildman–Crippen LogP) is 11.1. The number of nitrogens with zero attached hydrogens (tertiary/aromatic N) is 2. The van der Waals surface area contributed by atoms with Crippen molar-refractivity contribution < 1.29 is 28.8 Å². The maximum atomic E-state index is 14.9. The number of rotatable bonds is 18. The Morgan fingerprint density at radius 2 is 0.694 bits per heavy atom. The number of ketones is 4. The third kappa shape index (κ3) is 8.02. The Balaban J connectivity index is 1.16. The minimum atomic E-state index is -0.300. The molecular weight excluding hydrogens is 773 g/mol. The van der Waals surface area contributed by atoms with Crippen LogP contribution in [0.3, 0.4) is 0 Å². The van der Waals surface area contributed by atoms with Crippen LogP contribution in [0.1, 0.15) is 155 Å². The summed E-state index contributed by atoms with van der Waals surface area (Å²) in [6.45, 7) is 5.28. The van der Waals surface area contributed by atoms with E-state index in [9.17, 15) is 28.8 Å². The monoisotopic (exact) mass is 824 g/mol. The molecule has 2 aliphatic carbocycles. The molecule has 0 aromatic heterocycles. The molecule has 62 heavy (non-hydrogen) atoms. The zero-order valence-electron chi connectivity index (χ0n) is 35.6. The number of Topliss-reactive ketones (excluding diaryl/α,β-unsaturated/α-hetero) is 4. The molecule has 0 N–H and O–H groups in total. The van der Waals surface area contributed by atoms with Gasteiger partial charge in [-0.2, -0.15) is 0 Å². The maximum Gasteiger partial charge on any atom is 0.261 e. The molecule has 0 radical (unpaired) electrons. The van der Waals surface area contributed by atoms with Crippen LogP contribution in [0.25, 0.3) is 23.5 Å². The normalized spacial score (nSPS) is 15.8. The van der Waals surface area contributed by atoms with Gasteiger partial charge in [-0.3, -0.25) is 28.8 Å². The molecule has 2 aliphatic heterocycles. The zero-order chi connectivity index (χ0) is 43.3. The fourth-order valence-corrected chi connectivity index (χ4v) is 9.14. The lowest BCUT2D eigenvalue weighted by molar-refractivity contribution is -0.124. The summed E-state index contributed by atoms with van der Waals surface area (Å²) in [5, 5.41) is 0. The third-order valence-corrected chi connectivity index (χ3v) is 12.5. The Bertz CT molecular complexity index is 2350. The topological polar surface area (TPSA) is 109 Å². The Morgan fingerprint density at radius 1 is 0.387 bits per heavy atom. The summed E-state index contributed by atoms with van der Waals surface area (Å²) in [6, 6.07) is 28.5. The highest BCUT2D eigenvalue weighted by atomic mass is 16.2.